The van der Waals surface area contributed by atoms with Crippen LogP contribution in [0.1, 0.15) is 54.5 Å². The van der Waals surface area contributed by atoms with Crippen molar-refractivity contribution < 1.29 is 10.2 Å². The molecule has 0 radical (unpaired) electrons. The van der Waals surface area contributed by atoms with E-state index in [1.165, 1.54) is 32.7 Å². The Morgan fingerprint density at radius 2 is 1.52 bits per heavy atom. The third kappa shape index (κ3) is 6.02. The van der Waals surface area contributed by atoms with Gasteiger partial charge in [-0.3, -0.25) is 0 Å². The van der Waals surface area contributed by atoms with Gasteiger partial charge in [-0.25, -0.2) is 0 Å². The Bertz CT molecular complexity index is 895. The van der Waals surface area contributed by atoms with Gasteiger partial charge in [0, 0.05) is 4.88 Å². The molecule has 0 aliphatic heterocycles. The summed E-state index contributed by atoms with van der Waals surface area (Å²) in [6, 6.07) is 17.4. The molecule has 0 saturated carbocycles. The van der Waals surface area contributed by atoms with Crippen LogP contribution in [0.5, 0.6) is 0 Å². The Labute approximate surface area is 178 Å². The van der Waals surface area contributed by atoms with E-state index in [0.29, 0.717) is 0 Å². The van der Waals surface area contributed by atoms with Gasteiger partial charge in [-0.1, -0.05) is 56.3 Å². The van der Waals surface area contributed by atoms with Gasteiger partial charge in [0.25, 0.3) is 0 Å². The number of aryl methyl sites for hydroxylation is 4. The van der Waals surface area contributed by atoms with E-state index in [4.69, 9.17) is 5.11 Å². The van der Waals surface area contributed by atoms with Crippen LogP contribution in [0.3, 0.4) is 0 Å². The summed E-state index contributed by atoms with van der Waals surface area (Å²) in [6.07, 6.45) is 5.46. The zero-order valence-electron chi connectivity index (χ0n) is 17.5. The highest BCUT2D eigenvalue weighted by Gasteiger charge is 2.10. The molecule has 0 spiro atoms. The molecular weight excluding hydrogens is 376 g/mol. The van der Waals surface area contributed by atoms with Crippen molar-refractivity contribution in [2.24, 2.45) is 0 Å². The molecule has 0 aliphatic rings. The van der Waals surface area contributed by atoms with Crippen molar-refractivity contribution in [3.8, 4) is 10.4 Å². The van der Waals surface area contributed by atoms with Crippen LogP contribution in [0, 0.1) is 0 Å². The van der Waals surface area contributed by atoms with Crippen LogP contribution in [0.25, 0.3) is 10.4 Å². The standard InChI is InChI=1S/C26H32O2S/c1-3-23-15-20(11-13-24(28)4-2)12-14-25(23)26-16-22(18-29-26)10-7-19-5-8-21(17-27)9-6-19/h5-6,8-9,12,14-16,18,24,27-28H,3-4,7,10-11,13,17H2,1-2H3. The Hall–Kier alpha value is -1.94. The Morgan fingerprint density at radius 3 is 2.21 bits per heavy atom. The van der Waals surface area contributed by atoms with E-state index in [1.807, 2.05) is 30.4 Å². The third-order valence-electron chi connectivity index (χ3n) is 5.62. The van der Waals surface area contributed by atoms with Crippen LogP contribution in [0.2, 0.25) is 0 Å². The van der Waals surface area contributed by atoms with Crippen molar-refractivity contribution in [3.05, 3.63) is 81.7 Å². The Kier molecular flexibility index (Phi) is 8.05. The summed E-state index contributed by atoms with van der Waals surface area (Å²) in [7, 11) is 0. The predicted molar refractivity (Wildman–Crippen MR) is 124 cm³/mol. The fourth-order valence-electron chi connectivity index (χ4n) is 3.62. The monoisotopic (exact) mass is 408 g/mol. The summed E-state index contributed by atoms with van der Waals surface area (Å²) in [6.45, 7) is 4.35. The Balaban J connectivity index is 1.66. The predicted octanol–water partition coefficient (Wildman–Crippen LogP) is 5.96. The van der Waals surface area contributed by atoms with Crippen LogP contribution < -0.4 is 0 Å². The molecule has 0 aliphatic carbocycles. The van der Waals surface area contributed by atoms with Crippen molar-refractivity contribution in [1.82, 2.24) is 0 Å². The van der Waals surface area contributed by atoms with E-state index in [9.17, 15) is 5.11 Å². The molecule has 0 bridgehead atoms. The van der Waals surface area contributed by atoms with Crippen molar-refractivity contribution in [3.63, 3.8) is 0 Å². The van der Waals surface area contributed by atoms with Crippen LogP contribution in [-0.4, -0.2) is 16.3 Å². The molecule has 154 valence electrons. The lowest BCUT2D eigenvalue weighted by Crippen LogP contribution is -2.05. The van der Waals surface area contributed by atoms with E-state index in [0.717, 1.165) is 44.1 Å². The molecule has 2 aromatic carbocycles. The van der Waals surface area contributed by atoms with Crippen LogP contribution in [0.15, 0.2) is 53.9 Å². The van der Waals surface area contributed by atoms with Gasteiger partial charge in [-0.05, 0) is 83.4 Å². The minimum Gasteiger partial charge on any atom is -0.393 e. The second-order valence-corrected chi connectivity index (χ2v) is 8.65. The minimum absolute atomic E-state index is 0.103. The number of benzene rings is 2. The average molecular weight is 409 g/mol. The van der Waals surface area contributed by atoms with E-state index in [2.05, 4.69) is 48.7 Å². The number of aliphatic hydroxyl groups is 2. The van der Waals surface area contributed by atoms with Crippen LogP contribution in [0.4, 0.5) is 0 Å². The summed E-state index contributed by atoms with van der Waals surface area (Å²) in [5.74, 6) is 0. The molecule has 1 aromatic heterocycles. The molecule has 3 aromatic rings. The van der Waals surface area contributed by atoms with Crippen molar-refractivity contribution in [2.75, 3.05) is 0 Å². The molecule has 3 heteroatoms. The lowest BCUT2D eigenvalue weighted by atomic mass is 9.97. The molecule has 1 atom stereocenters. The molecule has 2 nitrogen and oxygen atoms in total. The lowest BCUT2D eigenvalue weighted by Gasteiger charge is -2.11. The van der Waals surface area contributed by atoms with Crippen LogP contribution in [-0.2, 0) is 32.3 Å². The summed E-state index contributed by atoms with van der Waals surface area (Å²) < 4.78 is 0. The lowest BCUT2D eigenvalue weighted by molar-refractivity contribution is 0.160. The molecule has 29 heavy (non-hydrogen) atoms. The summed E-state index contributed by atoms with van der Waals surface area (Å²) in [4.78, 5) is 1.34. The van der Waals surface area contributed by atoms with Gasteiger partial charge in [-0.15, -0.1) is 11.3 Å². The number of hydrogen-bond acceptors (Lipinski definition) is 3. The first-order valence-corrected chi connectivity index (χ1v) is 11.6. The van der Waals surface area contributed by atoms with E-state index in [-0.39, 0.29) is 12.7 Å². The first-order chi connectivity index (χ1) is 14.1. The first-order valence-electron chi connectivity index (χ1n) is 10.7. The average Bonchev–Trinajstić information content (AvgIpc) is 3.24. The maximum atomic E-state index is 9.83. The van der Waals surface area contributed by atoms with E-state index < -0.39 is 0 Å². The smallest absolute Gasteiger partial charge is 0.0681 e. The summed E-state index contributed by atoms with van der Waals surface area (Å²) in [5, 5.41) is 21.3. The topological polar surface area (TPSA) is 40.5 Å². The fraction of sp³-hybridized carbons (Fsp3) is 0.385. The van der Waals surface area contributed by atoms with Crippen molar-refractivity contribution in [2.45, 2.75) is 65.1 Å². The normalized spacial score (nSPS) is 12.3. The zero-order valence-corrected chi connectivity index (χ0v) is 18.3. The molecule has 0 amide bonds. The quantitative estimate of drug-likeness (QED) is 0.435. The first kappa shape index (κ1) is 21.8. The molecule has 2 N–H and O–H groups in total. The molecule has 1 unspecified atom stereocenters. The molecule has 3 rings (SSSR count). The van der Waals surface area contributed by atoms with Crippen molar-refractivity contribution >= 4 is 11.3 Å². The third-order valence-corrected chi connectivity index (χ3v) is 6.63. The van der Waals surface area contributed by atoms with Gasteiger partial charge in [0.15, 0.2) is 0 Å². The SMILES string of the molecule is CCc1cc(CCC(O)CC)ccc1-c1cc(CCc2ccc(CO)cc2)cs1. The van der Waals surface area contributed by atoms with E-state index >= 15 is 0 Å². The maximum Gasteiger partial charge on any atom is 0.0681 e. The molecule has 1 heterocycles. The highest BCUT2D eigenvalue weighted by molar-refractivity contribution is 7.13. The number of aliphatic hydroxyl groups excluding tert-OH is 2. The maximum absolute atomic E-state index is 9.83. The van der Waals surface area contributed by atoms with Crippen molar-refractivity contribution in [1.29, 1.82) is 0 Å². The highest BCUT2D eigenvalue weighted by atomic mass is 32.1. The number of hydrogen-bond donors (Lipinski definition) is 2. The summed E-state index contributed by atoms with van der Waals surface area (Å²) >= 11 is 1.83. The summed E-state index contributed by atoms with van der Waals surface area (Å²) in [5.41, 5.74) is 7.71. The second kappa shape index (κ2) is 10.7. The van der Waals surface area contributed by atoms with E-state index in [1.54, 1.807) is 0 Å². The number of rotatable bonds is 10. The van der Waals surface area contributed by atoms with Gasteiger partial charge in [-0.2, -0.15) is 0 Å². The van der Waals surface area contributed by atoms with Crippen LogP contribution >= 0.6 is 11.3 Å². The highest BCUT2D eigenvalue weighted by Crippen LogP contribution is 2.32. The van der Waals surface area contributed by atoms with Gasteiger partial charge >= 0.3 is 0 Å². The molecule has 0 fully saturated rings. The second-order valence-electron chi connectivity index (χ2n) is 7.74. The largest absolute Gasteiger partial charge is 0.393 e. The molecular formula is C26H32O2S. The van der Waals surface area contributed by atoms with Gasteiger partial charge in [0.05, 0.1) is 12.7 Å². The zero-order chi connectivity index (χ0) is 20.6. The van der Waals surface area contributed by atoms with Gasteiger partial charge in [0.1, 0.15) is 0 Å². The Morgan fingerprint density at radius 1 is 0.828 bits per heavy atom. The molecule has 0 saturated heterocycles. The fourth-order valence-corrected chi connectivity index (χ4v) is 4.63. The van der Waals surface area contributed by atoms with Gasteiger partial charge in [0.2, 0.25) is 0 Å². The number of thiophene rings is 1. The minimum atomic E-state index is -0.195. The van der Waals surface area contributed by atoms with Gasteiger partial charge < -0.3 is 10.2 Å².